The third-order valence-corrected chi connectivity index (χ3v) is 7.60. The quantitative estimate of drug-likeness (QED) is 0.619. The Hall–Kier alpha value is -1.18. The molecule has 3 heterocycles. The van der Waals surface area contributed by atoms with Gasteiger partial charge in [-0.2, -0.15) is 0 Å². The standard InChI is InChI=1S/C13H10ClN3O2S2/c14-9-11(18)17(13(9)20-6-7-21-13)12-16-15-10(19-12)8-4-2-1-3-5-8/h1-5,9H,6-7H2. The zero-order valence-corrected chi connectivity index (χ0v) is 13.1. The van der Waals surface area contributed by atoms with E-state index >= 15 is 0 Å². The van der Waals surface area contributed by atoms with E-state index in [0.29, 0.717) is 5.89 Å². The Morgan fingerprint density at radius 2 is 1.95 bits per heavy atom. The molecule has 2 aliphatic rings. The summed E-state index contributed by atoms with van der Waals surface area (Å²) in [6.07, 6.45) is 0. The number of alkyl halides is 1. The van der Waals surface area contributed by atoms with E-state index < -0.39 is 9.58 Å². The highest BCUT2D eigenvalue weighted by atomic mass is 35.5. The fraction of sp³-hybridized carbons (Fsp3) is 0.308. The van der Waals surface area contributed by atoms with Crippen molar-refractivity contribution in [2.45, 2.75) is 9.58 Å². The van der Waals surface area contributed by atoms with E-state index in [4.69, 9.17) is 16.0 Å². The summed E-state index contributed by atoms with van der Waals surface area (Å²) < 4.78 is 5.19. The highest BCUT2D eigenvalue weighted by Gasteiger charge is 2.64. The molecule has 5 nitrogen and oxygen atoms in total. The summed E-state index contributed by atoms with van der Waals surface area (Å²) in [4.78, 5) is 13.6. The number of rotatable bonds is 2. The highest BCUT2D eigenvalue weighted by Crippen LogP contribution is 2.58. The first-order valence-corrected chi connectivity index (χ1v) is 8.78. The van der Waals surface area contributed by atoms with E-state index in [9.17, 15) is 4.79 Å². The van der Waals surface area contributed by atoms with Gasteiger partial charge in [0.25, 0.3) is 5.91 Å². The van der Waals surface area contributed by atoms with Crippen LogP contribution in [-0.2, 0) is 4.79 Å². The van der Waals surface area contributed by atoms with E-state index in [1.165, 1.54) is 4.90 Å². The zero-order chi connectivity index (χ0) is 14.4. The van der Waals surface area contributed by atoms with Crippen molar-refractivity contribution in [1.29, 1.82) is 0 Å². The molecular weight excluding hydrogens is 330 g/mol. The molecule has 4 rings (SSSR count). The molecule has 8 heteroatoms. The molecular formula is C13H10ClN3O2S2. The van der Waals surface area contributed by atoms with Crippen LogP contribution in [0.25, 0.3) is 11.5 Å². The number of thioether (sulfide) groups is 2. The SMILES string of the molecule is O=C1C(Cl)C2(SCCS2)N1c1nnc(-c2ccccc2)o1. The first-order valence-electron chi connectivity index (χ1n) is 6.37. The number of carbonyl (C=O) groups excluding carboxylic acids is 1. The average molecular weight is 340 g/mol. The Morgan fingerprint density at radius 3 is 2.67 bits per heavy atom. The summed E-state index contributed by atoms with van der Waals surface area (Å²) in [5.41, 5.74) is 0.826. The molecule has 2 aromatic rings. The largest absolute Gasteiger partial charge is 0.403 e. The van der Waals surface area contributed by atoms with Crippen molar-refractivity contribution >= 4 is 47.0 Å². The van der Waals surface area contributed by atoms with Crippen molar-refractivity contribution in [2.75, 3.05) is 16.4 Å². The summed E-state index contributed by atoms with van der Waals surface area (Å²) in [6.45, 7) is 0. The lowest BCUT2D eigenvalue weighted by Gasteiger charge is -2.48. The van der Waals surface area contributed by atoms with Crippen LogP contribution < -0.4 is 4.90 Å². The number of benzene rings is 1. The summed E-state index contributed by atoms with van der Waals surface area (Å²) >= 11 is 9.53. The van der Waals surface area contributed by atoms with Crippen LogP contribution in [0.2, 0.25) is 0 Å². The minimum atomic E-state index is -0.540. The lowest BCUT2D eigenvalue weighted by Crippen LogP contribution is -2.68. The average Bonchev–Trinajstić information content (AvgIpc) is 3.19. The van der Waals surface area contributed by atoms with Gasteiger partial charge in [0.15, 0.2) is 9.58 Å². The fourth-order valence-corrected chi connectivity index (χ4v) is 6.14. The third kappa shape index (κ3) is 1.91. The Morgan fingerprint density at radius 1 is 1.24 bits per heavy atom. The normalized spacial score (nSPS) is 23.6. The first kappa shape index (κ1) is 13.5. The molecule has 2 aliphatic heterocycles. The van der Waals surface area contributed by atoms with Gasteiger partial charge in [-0.25, -0.2) is 4.90 Å². The van der Waals surface area contributed by atoms with Gasteiger partial charge < -0.3 is 4.42 Å². The van der Waals surface area contributed by atoms with Crippen LogP contribution in [-0.4, -0.2) is 37.2 Å². The molecule has 0 aliphatic carbocycles. The second kappa shape index (κ2) is 4.93. The molecule has 2 saturated heterocycles. The van der Waals surface area contributed by atoms with E-state index in [1.54, 1.807) is 23.5 Å². The predicted octanol–water partition coefficient (Wildman–Crippen LogP) is 2.82. The lowest BCUT2D eigenvalue weighted by atomic mass is 10.2. The molecule has 1 spiro atoms. The number of amides is 1. The number of hydrogen-bond donors (Lipinski definition) is 0. The molecule has 1 aromatic carbocycles. The minimum absolute atomic E-state index is 0.179. The summed E-state index contributed by atoms with van der Waals surface area (Å²) in [6, 6.07) is 9.69. The smallest absolute Gasteiger partial charge is 0.327 e. The molecule has 1 unspecified atom stereocenters. The maximum absolute atomic E-state index is 12.1. The van der Waals surface area contributed by atoms with E-state index in [0.717, 1.165) is 17.1 Å². The van der Waals surface area contributed by atoms with Crippen molar-refractivity contribution < 1.29 is 9.21 Å². The Kier molecular flexibility index (Phi) is 3.16. The summed E-state index contributed by atoms with van der Waals surface area (Å²) in [7, 11) is 0. The Bertz CT molecular complexity index is 688. The van der Waals surface area contributed by atoms with Gasteiger partial charge in [0.1, 0.15) is 0 Å². The maximum Gasteiger partial charge on any atom is 0.327 e. The van der Waals surface area contributed by atoms with Crippen LogP contribution in [0.3, 0.4) is 0 Å². The minimum Gasteiger partial charge on any atom is -0.403 e. The van der Waals surface area contributed by atoms with E-state index in [-0.39, 0.29) is 11.9 Å². The molecule has 1 atom stereocenters. The number of aromatic nitrogens is 2. The molecule has 1 aromatic heterocycles. The fourth-order valence-electron chi connectivity index (χ4n) is 2.39. The predicted molar refractivity (Wildman–Crippen MR) is 84.5 cm³/mol. The molecule has 2 fully saturated rings. The number of β-lactam (4-membered cyclic amide) rings is 1. The second-order valence-corrected chi connectivity index (χ2v) is 7.95. The second-order valence-electron chi connectivity index (χ2n) is 4.62. The molecule has 21 heavy (non-hydrogen) atoms. The molecule has 1 amide bonds. The van der Waals surface area contributed by atoms with E-state index in [1.807, 2.05) is 30.3 Å². The van der Waals surface area contributed by atoms with Gasteiger partial charge in [-0.3, -0.25) is 4.79 Å². The van der Waals surface area contributed by atoms with Crippen LogP contribution in [0.5, 0.6) is 0 Å². The molecule has 0 radical (unpaired) electrons. The van der Waals surface area contributed by atoms with Gasteiger partial charge in [-0.15, -0.1) is 40.2 Å². The van der Waals surface area contributed by atoms with Gasteiger partial charge in [0.05, 0.1) is 0 Å². The van der Waals surface area contributed by atoms with Crippen molar-refractivity contribution in [3.05, 3.63) is 30.3 Å². The van der Waals surface area contributed by atoms with Crippen LogP contribution in [0.15, 0.2) is 34.7 Å². The highest BCUT2D eigenvalue weighted by molar-refractivity contribution is 8.21. The van der Waals surface area contributed by atoms with Crippen LogP contribution in [0.4, 0.5) is 6.01 Å². The Labute approximate surface area is 134 Å². The van der Waals surface area contributed by atoms with Gasteiger partial charge >= 0.3 is 6.01 Å². The first-order chi connectivity index (χ1) is 10.2. The number of halogens is 1. The molecule has 0 N–H and O–H groups in total. The van der Waals surface area contributed by atoms with Crippen LogP contribution in [0, 0.1) is 0 Å². The van der Waals surface area contributed by atoms with Crippen molar-refractivity contribution in [2.24, 2.45) is 0 Å². The van der Waals surface area contributed by atoms with Crippen LogP contribution >= 0.6 is 35.1 Å². The zero-order valence-electron chi connectivity index (χ0n) is 10.7. The monoisotopic (exact) mass is 339 g/mol. The lowest BCUT2D eigenvalue weighted by molar-refractivity contribution is -0.123. The van der Waals surface area contributed by atoms with Gasteiger partial charge in [-0.1, -0.05) is 23.3 Å². The van der Waals surface area contributed by atoms with Crippen molar-refractivity contribution in [3.63, 3.8) is 0 Å². The third-order valence-electron chi connectivity index (χ3n) is 3.40. The number of carbonyl (C=O) groups is 1. The number of hydrogen-bond acceptors (Lipinski definition) is 6. The summed E-state index contributed by atoms with van der Waals surface area (Å²) in [5, 5.41) is 7.51. The maximum atomic E-state index is 12.1. The number of anilines is 1. The van der Waals surface area contributed by atoms with Crippen molar-refractivity contribution in [3.8, 4) is 11.5 Å². The van der Waals surface area contributed by atoms with Gasteiger partial charge in [0, 0.05) is 17.1 Å². The van der Waals surface area contributed by atoms with Gasteiger partial charge in [-0.05, 0) is 12.1 Å². The van der Waals surface area contributed by atoms with Crippen molar-refractivity contribution in [1.82, 2.24) is 10.2 Å². The summed E-state index contributed by atoms with van der Waals surface area (Å²) in [5.74, 6) is 2.13. The van der Waals surface area contributed by atoms with Gasteiger partial charge in [0.2, 0.25) is 5.89 Å². The molecule has 108 valence electrons. The number of nitrogens with zero attached hydrogens (tertiary/aromatic N) is 3. The van der Waals surface area contributed by atoms with E-state index in [2.05, 4.69) is 10.2 Å². The molecule has 0 saturated carbocycles. The van der Waals surface area contributed by atoms with Crippen LogP contribution in [0.1, 0.15) is 0 Å². The topological polar surface area (TPSA) is 59.2 Å². The Balaban J connectivity index is 1.68. The molecule has 0 bridgehead atoms.